The molecule has 1 amide bonds. The van der Waals surface area contributed by atoms with E-state index in [1.165, 1.54) is 24.3 Å². The highest BCUT2D eigenvalue weighted by Gasteiger charge is 2.30. The maximum Gasteiger partial charge on any atom is 0.416 e. The first-order chi connectivity index (χ1) is 11.2. The third-order valence-corrected chi connectivity index (χ3v) is 3.16. The summed E-state index contributed by atoms with van der Waals surface area (Å²) in [5.74, 6) is -1.90. The molecule has 0 saturated heterocycles. The van der Waals surface area contributed by atoms with E-state index < -0.39 is 23.6 Å². The van der Waals surface area contributed by atoms with Gasteiger partial charge in [-0.3, -0.25) is 4.79 Å². The topological polar surface area (TPSA) is 79.3 Å². The summed E-state index contributed by atoms with van der Waals surface area (Å²) in [5, 5.41) is 11.6. The maximum atomic E-state index is 12.6. The Bertz CT molecular complexity index is 771. The largest absolute Gasteiger partial charge is 0.477 e. The van der Waals surface area contributed by atoms with Gasteiger partial charge in [0, 0.05) is 6.54 Å². The summed E-state index contributed by atoms with van der Waals surface area (Å²) in [7, 11) is 0. The average molecular weight is 338 g/mol. The standard InChI is InChI=1S/C16H13F3N2O3/c1-2-20-14(22)12-7-10(8-13(21-12)15(23)24)9-3-5-11(6-4-9)16(17,18)19/h3-8H,2H2,1H3,(H,20,22)(H,23,24). The van der Waals surface area contributed by atoms with Crippen LogP contribution in [0.3, 0.4) is 0 Å². The van der Waals surface area contributed by atoms with Gasteiger partial charge in [-0.1, -0.05) is 12.1 Å². The lowest BCUT2D eigenvalue weighted by atomic mass is 10.0. The number of aromatic nitrogens is 1. The number of nitrogens with one attached hydrogen (secondary N) is 1. The normalized spacial score (nSPS) is 11.2. The van der Waals surface area contributed by atoms with Crippen molar-refractivity contribution >= 4 is 11.9 Å². The first kappa shape index (κ1) is 17.5. The third-order valence-electron chi connectivity index (χ3n) is 3.16. The van der Waals surface area contributed by atoms with E-state index in [4.69, 9.17) is 5.11 Å². The molecule has 2 rings (SSSR count). The summed E-state index contributed by atoms with van der Waals surface area (Å²) < 4.78 is 37.8. The molecule has 1 aromatic heterocycles. The molecule has 0 spiro atoms. The Morgan fingerprint density at radius 2 is 1.67 bits per heavy atom. The molecule has 2 aromatic rings. The second-order valence-electron chi connectivity index (χ2n) is 4.87. The molecule has 0 atom stereocenters. The van der Waals surface area contributed by atoms with E-state index in [1.54, 1.807) is 6.92 Å². The Balaban J connectivity index is 2.49. The monoisotopic (exact) mass is 338 g/mol. The molecule has 2 N–H and O–H groups in total. The Hall–Kier alpha value is -2.90. The van der Waals surface area contributed by atoms with Crippen LogP contribution in [0.25, 0.3) is 11.1 Å². The van der Waals surface area contributed by atoms with Crippen LogP contribution in [0.2, 0.25) is 0 Å². The smallest absolute Gasteiger partial charge is 0.416 e. The van der Waals surface area contributed by atoms with Gasteiger partial charge in [-0.05, 0) is 42.3 Å². The van der Waals surface area contributed by atoms with Crippen LogP contribution in [-0.2, 0) is 6.18 Å². The van der Waals surface area contributed by atoms with Gasteiger partial charge in [-0.2, -0.15) is 13.2 Å². The second kappa shape index (κ2) is 6.69. The number of alkyl halides is 3. The molecule has 24 heavy (non-hydrogen) atoms. The van der Waals surface area contributed by atoms with Gasteiger partial charge in [-0.15, -0.1) is 0 Å². The molecule has 126 valence electrons. The van der Waals surface area contributed by atoms with Crippen LogP contribution in [0.15, 0.2) is 36.4 Å². The van der Waals surface area contributed by atoms with E-state index in [-0.39, 0.29) is 17.0 Å². The average Bonchev–Trinajstić information content (AvgIpc) is 2.54. The summed E-state index contributed by atoms with van der Waals surface area (Å²) in [5.41, 5.74) is -0.668. The van der Waals surface area contributed by atoms with Crippen LogP contribution in [-0.4, -0.2) is 28.5 Å². The van der Waals surface area contributed by atoms with Crippen molar-refractivity contribution in [2.75, 3.05) is 6.54 Å². The minimum absolute atomic E-state index is 0.119. The predicted octanol–water partition coefficient (Wildman–Crippen LogP) is 3.22. The number of carboxylic acids is 1. The van der Waals surface area contributed by atoms with Gasteiger partial charge in [0.25, 0.3) is 5.91 Å². The fraction of sp³-hybridized carbons (Fsp3) is 0.188. The van der Waals surface area contributed by atoms with Gasteiger partial charge in [-0.25, -0.2) is 9.78 Å². The summed E-state index contributed by atoms with van der Waals surface area (Å²) >= 11 is 0. The molecule has 0 radical (unpaired) electrons. The first-order valence-electron chi connectivity index (χ1n) is 6.93. The van der Waals surface area contributed by atoms with Gasteiger partial charge in [0.1, 0.15) is 11.4 Å². The van der Waals surface area contributed by atoms with Crippen molar-refractivity contribution in [2.24, 2.45) is 0 Å². The minimum atomic E-state index is -4.46. The number of nitrogens with zero attached hydrogens (tertiary/aromatic N) is 1. The van der Waals surface area contributed by atoms with E-state index in [9.17, 15) is 22.8 Å². The fourth-order valence-electron chi connectivity index (χ4n) is 2.03. The number of hydrogen-bond acceptors (Lipinski definition) is 3. The van der Waals surface area contributed by atoms with Gasteiger partial charge in [0.15, 0.2) is 0 Å². The highest BCUT2D eigenvalue weighted by atomic mass is 19.4. The van der Waals surface area contributed by atoms with Crippen molar-refractivity contribution in [2.45, 2.75) is 13.1 Å². The van der Waals surface area contributed by atoms with E-state index in [2.05, 4.69) is 10.3 Å². The summed E-state index contributed by atoms with van der Waals surface area (Å²) in [6.07, 6.45) is -4.46. The van der Waals surface area contributed by atoms with Crippen LogP contribution in [0.5, 0.6) is 0 Å². The van der Waals surface area contributed by atoms with Crippen LogP contribution < -0.4 is 5.32 Å². The van der Waals surface area contributed by atoms with Gasteiger partial charge in [0.2, 0.25) is 0 Å². The molecule has 0 aliphatic heterocycles. The molecule has 0 unspecified atom stereocenters. The number of aromatic carboxylic acids is 1. The molecule has 0 aliphatic rings. The zero-order valence-corrected chi connectivity index (χ0v) is 12.5. The van der Waals surface area contributed by atoms with E-state index in [0.29, 0.717) is 12.1 Å². The van der Waals surface area contributed by atoms with Crippen LogP contribution in [0, 0.1) is 0 Å². The molecular formula is C16H13F3N2O3. The zero-order chi connectivity index (χ0) is 17.9. The number of hydrogen-bond donors (Lipinski definition) is 2. The lowest BCUT2D eigenvalue weighted by Crippen LogP contribution is -2.24. The number of carbonyl (C=O) groups is 2. The molecule has 1 heterocycles. The van der Waals surface area contributed by atoms with Crippen molar-refractivity contribution in [3.05, 3.63) is 53.3 Å². The van der Waals surface area contributed by atoms with E-state index in [1.807, 2.05) is 0 Å². The number of pyridine rings is 1. The molecule has 0 aliphatic carbocycles. The fourth-order valence-corrected chi connectivity index (χ4v) is 2.03. The Labute approximate surface area is 135 Å². The van der Waals surface area contributed by atoms with Crippen molar-refractivity contribution in [1.29, 1.82) is 0 Å². The number of amides is 1. The maximum absolute atomic E-state index is 12.6. The Morgan fingerprint density at radius 1 is 1.08 bits per heavy atom. The highest BCUT2D eigenvalue weighted by molar-refractivity contribution is 5.96. The number of carboxylic acid groups (broad SMARTS) is 1. The van der Waals surface area contributed by atoms with Gasteiger partial charge in [0.05, 0.1) is 5.56 Å². The number of carbonyl (C=O) groups excluding carboxylic acids is 1. The van der Waals surface area contributed by atoms with E-state index in [0.717, 1.165) is 12.1 Å². The molecule has 0 bridgehead atoms. The number of halogens is 3. The Kier molecular flexibility index (Phi) is 4.87. The predicted molar refractivity (Wildman–Crippen MR) is 79.6 cm³/mol. The van der Waals surface area contributed by atoms with Crippen LogP contribution in [0.1, 0.15) is 33.5 Å². The molecule has 1 aromatic carbocycles. The summed E-state index contributed by atoms with van der Waals surface area (Å²) in [6, 6.07) is 6.74. The zero-order valence-electron chi connectivity index (χ0n) is 12.5. The SMILES string of the molecule is CCNC(=O)c1cc(-c2ccc(C(F)(F)F)cc2)cc(C(=O)O)n1. The molecule has 8 heteroatoms. The van der Waals surface area contributed by atoms with Gasteiger partial charge >= 0.3 is 12.1 Å². The summed E-state index contributed by atoms with van der Waals surface area (Å²) in [6.45, 7) is 2.02. The molecule has 0 saturated carbocycles. The van der Waals surface area contributed by atoms with Crippen molar-refractivity contribution < 1.29 is 27.9 Å². The summed E-state index contributed by atoms with van der Waals surface area (Å²) in [4.78, 5) is 26.8. The minimum Gasteiger partial charge on any atom is -0.477 e. The van der Waals surface area contributed by atoms with E-state index >= 15 is 0 Å². The molecule has 5 nitrogen and oxygen atoms in total. The number of benzene rings is 1. The lowest BCUT2D eigenvalue weighted by Gasteiger charge is -2.10. The van der Waals surface area contributed by atoms with Crippen LogP contribution >= 0.6 is 0 Å². The first-order valence-corrected chi connectivity index (χ1v) is 6.93. The third kappa shape index (κ3) is 3.89. The lowest BCUT2D eigenvalue weighted by molar-refractivity contribution is -0.137. The van der Waals surface area contributed by atoms with Crippen molar-refractivity contribution in [1.82, 2.24) is 10.3 Å². The molecular weight excluding hydrogens is 325 g/mol. The Morgan fingerprint density at radius 3 is 2.17 bits per heavy atom. The number of rotatable bonds is 4. The van der Waals surface area contributed by atoms with Crippen molar-refractivity contribution in [3.8, 4) is 11.1 Å². The van der Waals surface area contributed by atoms with Crippen molar-refractivity contribution in [3.63, 3.8) is 0 Å². The van der Waals surface area contributed by atoms with Crippen LogP contribution in [0.4, 0.5) is 13.2 Å². The van der Waals surface area contributed by atoms with Gasteiger partial charge < -0.3 is 10.4 Å². The molecule has 0 fully saturated rings. The highest BCUT2D eigenvalue weighted by Crippen LogP contribution is 2.31. The quantitative estimate of drug-likeness (QED) is 0.897. The second-order valence-corrected chi connectivity index (χ2v) is 4.87.